The number of hydrogen-bond acceptors (Lipinski definition) is 3. The molecule has 0 aliphatic rings. The van der Waals surface area contributed by atoms with Crippen molar-refractivity contribution >= 4 is 6.29 Å². The van der Waals surface area contributed by atoms with E-state index in [-0.39, 0.29) is 0 Å². The molecule has 11 heavy (non-hydrogen) atoms. The van der Waals surface area contributed by atoms with Crippen molar-refractivity contribution in [1.82, 2.24) is 15.0 Å². The van der Waals surface area contributed by atoms with E-state index in [1.54, 1.807) is 6.20 Å². The molecule has 1 aromatic heterocycles. The lowest BCUT2D eigenvalue weighted by atomic mass is 10.2. The Bertz CT molecular complexity index is 242. The van der Waals surface area contributed by atoms with Crippen LogP contribution in [0.2, 0.25) is 0 Å². The molecule has 0 unspecified atom stereocenters. The zero-order chi connectivity index (χ0) is 8.27. The highest BCUT2D eigenvalue weighted by Crippen LogP contribution is 2.08. The molecule has 0 fully saturated rings. The van der Waals surface area contributed by atoms with E-state index in [1.807, 2.05) is 13.8 Å². The van der Waals surface area contributed by atoms with Crippen LogP contribution in [0.5, 0.6) is 0 Å². The second-order valence-electron chi connectivity index (χ2n) is 2.69. The molecule has 0 atom stereocenters. The van der Waals surface area contributed by atoms with Gasteiger partial charge >= 0.3 is 0 Å². The zero-order valence-corrected chi connectivity index (χ0v) is 6.69. The summed E-state index contributed by atoms with van der Waals surface area (Å²) in [6.07, 6.45) is 2.60. The summed E-state index contributed by atoms with van der Waals surface area (Å²) in [6, 6.07) is 0. The lowest BCUT2D eigenvalue weighted by molar-refractivity contribution is -0.108. The summed E-state index contributed by atoms with van der Waals surface area (Å²) < 4.78 is 1.53. The van der Waals surface area contributed by atoms with Gasteiger partial charge < -0.3 is 4.79 Å². The fourth-order valence-electron chi connectivity index (χ4n) is 0.744. The molecule has 1 aromatic rings. The Morgan fingerprint density at radius 1 is 1.73 bits per heavy atom. The van der Waals surface area contributed by atoms with Gasteiger partial charge in [0, 0.05) is 6.20 Å². The first-order chi connectivity index (χ1) is 5.24. The van der Waals surface area contributed by atoms with Crippen molar-refractivity contribution in [2.45, 2.75) is 26.3 Å². The molecule has 0 spiro atoms. The van der Waals surface area contributed by atoms with Crippen molar-refractivity contribution in [2.24, 2.45) is 0 Å². The molecule has 0 aliphatic carbocycles. The fraction of sp³-hybridized carbons (Fsp3) is 0.571. The summed E-state index contributed by atoms with van der Waals surface area (Å²) in [5.41, 5.74) is 0.923. The third-order valence-corrected chi connectivity index (χ3v) is 1.41. The van der Waals surface area contributed by atoms with Crippen LogP contribution in [0, 0.1) is 0 Å². The topological polar surface area (TPSA) is 47.8 Å². The van der Waals surface area contributed by atoms with Crippen molar-refractivity contribution in [3.63, 3.8) is 0 Å². The summed E-state index contributed by atoms with van der Waals surface area (Å²) in [5.74, 6) is 0.371. The Morgan fingerprint density at radius 3 is 2.91 bits per heavy atom. The summed E-state index contributed by atoms with van der Waals surface area (Å²) >= 11 is 0. The van der Waals surface area contributed by atoms with Gasteiger partial charge in [0.25, 0.3) is 0 Å². The lowest BCUT2D eigenvalue weighted by Gasteiger charge is -1.94. The number of carbonyl (C=O) groups is 1. The van der Waals surface area contributed by atoms with E-state index < -0.39 is 0 Å². The van der Waals surface area contributed by atoms with Gasteiger partial charge in [-0.3, -0.25) is 0 Å². The van der Waals surface area contributed by atoms with Crippen molar-refractivity contribution < 1.29 is 4.79 Å². The normalized spacial score (nSPS) is 10.5. The van der Waals surface area contributed by atoms with Crippen LogP contribution >= 0.6 is 0 Å². The average molecular weight is 153 g/mol. The Hall–Kier alpha value is -1.19. The van der Waals surface area contributed by atoms with E-state index in [0.717, 1.165) is 12.0 Å². The first-order valence-electron chi connectivity index (χ1n) is 3.57. The standard InChI is InChI=1S/C7H11N3O/c1-6(2)7-5-10(3-4-11)9-8-7/h4-6H,3H2,1-2H3. The summed E-state index contributed by atoms with van der Waals surface area (Å²) in [6.45, 7) is 4.37. The van der Waals surface area contributed by atoms with Gasteiger partial charge in [0.1, 0.15) is 6.29 Å². The molecule has 4 nitrogen and oxygen atoms in total. The Labute approximate surface area is 65.2 Å². The lowest BCUT2D eigenvalue weighted by Crippen LogP contribution is -1.98. The van der Waals surface area contributed by atoms with Crippen LogP contribution in [-0.2, 0) is 11.3 Å². The Balaban J connectivity index is 2.73. The first-order valence-corrected chi connectivity index (χ1v) is 3.57. The van der Waals surface area contributed by atoms with Gasteiger partial charge in [-0.2, -0.15) is 0 Å². The van der Waals surface area contributed by atoms with Gasteiger partial charge in [-0.25, -0.2) is 4.68 Å². The Kier molecular flexibility index (Phi) is 2.36. The number of carbonyl (C=O) groups excluding carboxylic acids is 1. The van der Waals surface area contributed by atoms with Crippen molar-refractivity contribution in [2.75, 3.05) is 0 Å². The molecule has 0 radical (unpaired) electrons. The average Bonchev–Trinajstić information content (AvgIpc) is 2.37. The molecule has 0 saturated heterocycles. The molecular formula is C7H11N3O. The third kappa shape index (κ3) is 1.86. The van der Waals surface area contributed by atoms with E-state index in [9.17, 15) is 4.79 Å². The van der Waals surface area contributed by atoms with Gasteiger partial charge in [0.2, 0.25) is 0 Å². The summed E-state index contributed by atoms with van der Waals surface area (Å²) in [5, 5.41) is 7.65. The van der Waals surface area contributed by atoms with Gasteiger partial charge in [-0.1, -0.05) is 19.1 Å². The van der Waals surface area contributed by atoms with Crippen molar-refractivity contribution in [1.29, 1.82) is 0 Å². The molecule has 1 rings (SSSR count). The molecule has 0 aliphatic heterocycles. The van der Waals surface area contributed by atoms with E-state index >= 15 is 0 Å². The molecule has 0 aromatic carbocycles. The van der Waals surface area contributed by atoms with Crippen LogP contribution in [0.15, 0.2) is 6.20 Å². The van der Waals surface area contributed by atoms with Gasteiger partial charge in [0.05, 0.1) is 12.2 Å². The highest BCUT2D eigenvalue weighted by molar-refractivity contribution is 5.48. The first kappa shape index (κ1) is 7.91. The molecule has 0 bridgehead atoms. The molecular weight excluding hydrogens is 142 g/mol. The molecule has 4 heteroatoms. The minimum absolute atomic E-state index is 0.291. The summed E-state index contributed by atoms with van der Waals surface area (Å²) in [7, 11) is 0. The maximum Gasteiger partial charge on any atom is 0.141 e. The number of hydrogen-bond donors (Lipinski definition) is 0. The monoisotopic (exact) mass is 153 g/mol. The van der Waals surface area contributed by atoms with Gasteiger partial charge in [0.15, 0.2) is 0 Å². The fourth-order valence-corrected chi connectivity index (χ4v) is 0.744. The van der Waals surface area contributed by atoms with E-state index in [4.69, 9.17) is 0 Å². The molecule has 0 N–H and O–H groups in total. The van der Waals surface area contributed by atoms with Crippen LogP contribution in [0.1, 0.15) is 25.5 Å². The quantitative estimate of drug-likeness (QED) is 0.597. The van der Waals surface area contributed by atoms with E-state index in [1.165, 1.54) is 4.68 Å². The van der Waals surface area contributed by atoms with E-state index in [0.29, 0.717) is 12.5 Å². The van der Waals surface area contributed by atoms with Crippen LogP contribution in [-0.4, -0.2) is 21.3 Å². The number of rotatable bonds is 3. The maximum atomic E-state index is 10.1. The highest BCUT2D eigenvalue weighted by Gasteiger charge is 2.03. The van der Waals surface area contributed by atoms with Crippen LogP contribution in [0.3, 0.4) is 0 Å². The Morgan fingerprint density at radius 2 is 2.45 bits per heavy atom. The SMILES string of the molecule is CC(C)c1cn(CC=O)nn1. The molecule has 1 heterocycles. The van der Waals surface area contributed by atoms with Crippen molar-refractivity contribution in [3.8, 4) is 0 Å². The highest BCUT2D eigenvalue weighted by atomic mass is 16.1. The molecule has 0 saturated carbocycles. The van der Waals surface area contributed by atoms with Crippen molar-refractivity contribution in [3.05, 3.63) is 11.9 Å². The minimum Gasteiger partial charge on any atom is -0.301 e. The third-order valence-electron chi connectivity index (χ3n) is 1.41. The minimum atomic E-state index is 0.291. The predicted molar refractivity (Wildman–Crippen MR) is 40.2 cm³/mol. The van der Waals surface area contributed by atoms with Crippen LogP contribution < -0.4 is 0 Å². The number of aldehydes is 1. The van der Waals surface area contributed by atoms with Gasteiger partial charge in [-0.05, 0) is 5.92 Å². The van der Waals surface area contributed by atoms with Gasteiger partial charge in [-0.15, -0.1) is 5.10 Å². The number of nitrogens with zero attached hydrogens (tertiary/aromatic N) is 3. The zero-order valence-electron chi connectivity index (χ0n) is 6.69. The smallest absolute Gasteiger partial charge is 0.141 e. The van der Waals surface area contributed by atoms with Crippen LogP contribution in [0.25, 0.3) is 0 Å². The predicted octanol–water partition coefficient (Wildman–Crippen LogP) is 0.600. The second kappa shape index (κ2) is 3.27. The van der Waals surface area contributed by atoms with E-state index in [2.05, 4.69) is 10.3 Å². The van der Waals surface area contributed by atoms with Crippen LogP contribution in [0.4, 0.5) is 0 Å². The second-order valence-corrected chi connectivity index (χ2v) is 2.69. The largest absolute Gasteiger partial charge is 0.301 e. The maximum absolute atomic E-state index is 10.1. The molecule has 60 valence electrons. The summed E-state index contributed by atoms with van der Waals surface area (Å²) in [4.78, 5) is 10.1. The molecule has 0 amide bonds. The number of aromatic nitrogens is 3.